The summed E-state index contributed by atoms with van der Waals surface area (Å²) in [6.07, 6.45) is 1.49. The minimum absolute atomic E-state index is 0.122. The Hall–Kier alpha value is -2.35. The molecular weight excluding hydrogens is 364 g/mol. The number of hydrogen-bond acceptors (Lipinski definition) is 5. The lowest BCUT2D eigenvalue weighted by molar-refractivity contribution is -0.136. The second-order valence-electron chi connectivity index (χ2n) is 5.89. The van der Waals surface area contributed by atoms with E-state index in [0.29, 0.717) is 5.69 Å². The van der Waals surface area contributed by atoms with Gasteiger partial charge < -0.3 is 20.5 Å². The standard InChI is InChI=1S/C20H24N2O4S/c1-14-6-8-15(9-7-14)18(26-11-10-23)13-21-19(24)20(25)22-16-4-3-5-17(12-16)27-2/h3-9,12,18,23H,10-11,13H2,1-2H3,(H,21,24)(H,22,25)/t18-/m0/s1. The number of thioether (sulfide) groups is 1. The van der Waals surface area contributed by atoms with E-state index in [2.05, 4.69) is 10.6 Å². The summed E-state index contributed by atoms with van der Waals surface area (Å²) >= 11 is 1.55. The molecule has 0 unspecified atom stereocenters. The van der Waals surface area contributed by atoms with E-state index in [1.807, 2.05) is 49.6 Å². The fraction of sp³-hybridized carbons (Fsp3) is 0.300. The molecule has 6 nitrogen and oxygen atoms in total. The summed E-state index contributed by atoms with van der Waals surface area (Å²) in [5.41, 5.74) is 2.53. The maximum absolute atomic E-state index is 12.1. The van der Waals surface area contributed by atoms with Crippen molar-refractivity contribution in [2.75, 3.05) is 31.3 Å². The summed E-state index contributed by atoms with van der Waals surface area (Å²) in [7, 11) is 0. The molecule has 0 aromatic heterocycles. The summed E-state index contributed by atoms with van der Waals surface area (Å²) in [5.74, 6) is -1.48. The minimum Gasteiger partial charge on any atom is -0.394 e. The third kappa shape index (κ3) is 6.71. The van der Waals surface area contributed by atoms with Gasteiger partial charge in [0.25, 0.3) is 0 Å². The molecule has 0 saturated carbocycles. The van der Waals surface area contributed by atoms with Crippen LogP contribution in [0, 0.1) is 6.92 Å². The van der Waals surface area contributed by atoms with E-state index >= 15 is 0 Å². The van der Waals surface area contributed by atoms with Gasteiger partial charge in [-0.1, -0.05) is 35.9 Å². The molecule has 2 aromatic rings. The monoisotopic (exact) mass is 388 g/mol. The lowest BCUT2D eigenvalue weighted by atomic mass is 10.1. The molecule has 1 atom stereocenters. The third-order valence-corrected chi connectivity index (χ3v) is 4.57. The Morgan fingerprint density at radius 1 is 1.15 bits per heavy atom. The maximum atomic E-state index is 12.1. The number of nitrogens with one attached hydrogen (secondary N) is 2. The van der Waals surface area contributed by atoms with Crippen molar-refractivity contribution >= 4 is 29.3 Å². The van der Waals surface area contributed by atoms with E-state index in [9.17, 15) is 9.59 Å². The number of carbonyl (C=O) groups is 2. The first-order chi connectivity index (χ1) is 13.0. The summed E-state index contributed by atoms with van der Waals surface area (Å²) in [6.45, 7) is 2.12. The zero-order chi connectivity index (χ0) is 19.6. The lowest BCUT2D eigenvalue weighted by Gasteiger charge is -2.18. The zero-order valence-electron chi connectivity index (χ0n) is 15.4. The van der Waals surface area contributed by atoms with Crippen LogP contribution < -0.4 is 10.6 Å². The smallest absolute Gasteiger partial charge is 0.313 e. The minimum atomic E-state index is -0.741. The predicted molar refractivity (Wildman–Crippen MR) is 107 cm³/mol. The third-order valence-electron chi connectivity index (χ3n) is 3.84. The van der Waals surface area contributed by atoms with Gasteiger partial charge in [-0.25, -0.2) is 0 Å². The molecule has 0 bridgehead atoms. The van der Waals surface area contributed by atoms with Crippen LogP contribution in [0.1, 0.15) is 17.2 Å². The average molecular weight is 388 g/mol. The van der Waals surface area contributed by atoms with E-state index in [4.69, 9.17) is 9.84 Å². The zero-order valence-corrected chi connectivity index (χ0v) is 16.2. The van der Waals surface area contributed by atoms with Gasteiger partial charge in [-0.15, -0.1) is 11.8 Å². The van der Waals surface area contributed by atoms with E-state index in [0.717, 1.165) is 16.0 Å². The van der Waals surface area contributed by atoms with Gasteiger partial charge in [-0.3, -0.25) is 9.59 Å². The van der Waals surface area contributed by atoms with E-state index in [1.165, 1.54) is 0 Å². The van der Waals surface area contributed by atoms with Crippen LogP contribution in [0.2, 0.25) is 0 Å². The molecular formula is C20H24N2O4S. The second kappa shape index (κ2) is 10.7. The van der Waals surface area contributed by atoms with E-state index < -0.39 is 17.9 Å². The van der Waals surface area contributed by atoms with Crippen molar-refractivity contribution in [1.29, 1.82) is 0 Å². The summed E-state index contributed by atoms with van der Waals surface area (Å²) in [5, 5.41) is 14.2. The number of carbonyl (C=O) groups excluding carboxylic acids is 2. The Labute approximate surface area is 163 Å². The van der Waals surface area contributed by atoms with Crippen molar-refractivity contribution in [2.45, 2.75) is 17.9 Å². The average Bonchev–Trinajstić information content (AvgIpc) is 2.68. The Morgan fingerprint density at radius 2 is 1.89 bits per heavy atom. The highest BCUT2D eigenvalue weighted by molar-refractivity contribution is 7.98. The molecule has 0 aliphatic rings. The summed E-state index contributed by atoms with van der Waals surface area (Å²) < 4.78 is 5.60. The van der Waals surface area contributed by atoms with Gasteiger partial charge in [-0.2, -0.15) is 0 Å². The molecule has 0 heterocycles. The lowest BCUT2D eigenvalue weighted by Crippen LogP contribution is -2.38. The van der Waals surface area contributed by atoms with Crippen LogP contribution >= 0.6 is 11.8 Å². The number of ether oxygens (including phenoxy) is 1. The number of aryl methyl sites for hydroxylation is 1. The fourth-order valence-electron chi connectivity index (χ4n) is 2.40. The largest absolute Gasteiger partial charge is 0.394 e. The molecule has 2 aromatic carbocycles. The first-order valence-corrected chi connectivity index (χ1v) is 9.78. The molecule has 0 radical (unpaired) electrons. The highest BCUT2D eigenvalue weighted by Crippen LogP contribution is 2.19. The molecule has 0 spiro atoms. The highest BCUT2D eigenvalue weighted by Gasteiger charge is 2.18. The van der Waals surface area contributed by atoms with Crippen molar-refractivity contribution < 1.29 is 19.4 Å². The molecule has 0 fully saturated rings. The van der Waals surface area contributed by atoms with Crippen LogP contribution in [0.3, 0.4) is 0 Å². The molecule has 2 rings (SSSR count). The van der Waals surface area contributed by atoms with Crippen LogP contribution in [0.4, 0.5) is 5.69 Å². The quantitative estimate of drug-likeness (QED) is 0.478. The number of benzene rings is 2. The number of anilines is 1. The number of rotatable bonds is 8. The van der Waals surface area contributed by atoms with Crippen molar-refractivity contribution in [3.8, 4) is 0 Å². The molecule has 27 heavy (non-hydrogen) atoms. The molecule has 3 N–H and O–H groups in total. The van der Waals surface area contributed by atoms with Crippen LogP contribution in [0.5, 0.6) is 0 Å². The highest BCUT2D eigenvalue weighted by atomic mass is 32.2. The maximum Gasteiger partial charge on any atom is 0.313 e. The first kappa shape index (κ1) is 21.0. The van der Waals surface area contributed by atoms with Gasteiger partial charge in [-0.05, 0) is 36.9 Å². The first-order valence-electron chi connectivity index (χ1n) is 8.55. The van der Waals surface area contributed by atoms with E-state index in [-0.39, 0.29) is 19.8 Å². The SMILES string of the molecule is CSc1cccc(NC(=O)C(=O)NC[C@H](OCCO)c2ccc(C)cc2)c1. The van der Waals surface area contributed by atoms with Gasteiger partial charge in [0, 0.05) is 17.1 Å². The topological polar surface area (TPSA) is 87.7 Å². The molecule has 144 valence electrons. The van der Waals surface area contributed by atoms with Crippen molar-refractivity contribution in [2.24, 2.45) is 0 Å². The number of hydrogen-bond donors (Lipinski definition) is 3. The molecule has 0 saturated heterocycles. The normalized spacial score (nSPS) is 11.7. The van der Waals surface area contributed by atoms with Crippen molar-refractivity contribution in [3.63, 3.8) is 0 Å². The Bertz CT molecular complexity index is 765. The van der Waals surface area contributed by atoms with Crippen LogP contribution in [-0.4, -0.2) is 42.9 Å². The Kier molecular flexibility index (Phi) is 8.32. The number of amides is 2. The van der Waals surface area contributed by atoms with Gasteiger partial charge in [0.15, 0.2) is 0 Å². The molecule has 7 heteroatoms. The number of aliphatic hydroxyl groups excluding tert-OH is 1. The molecule has 0 aliphatic heterocycles. The number of aliphatic hydroxyl groups is 1. The van der Waals surface area contributed by atoms with Crippen LogP contribution in [0.15, 0.2) is 53.4 Å². The van der Waals surface area contributed by atoms with Crippen molar-refractivity contribution in [3.05, 3.63) is 59.7 Å². The predicted octanol–water partition coefficient (Wildman–Crippen LogP) is 2.52. The fourth-order valence-corrected chi connectivity index (χ4v) is 2.86. The summed E-state index contributed by atoms with van der Waals surface area (Å²) in [4.78, 5) is 25.2. The van der Waals surface area contributed by atoms with Gasteiger partial charge in [0.1, 0.15) is 0 Å². The molecule has 0 aliphatic carbocycles. The van der Waals surface area contributed by atoms with Gasteiger partial charge in [0.2, 0.25) is 0 Å². The van der Waals surface area contributed by atoms with Crippen LogP contribution in [0.25, 0.3) is 0 Å². The Balaban J connectivity index is 1.95. The van der Waals surface area contributed by atoms with E-state index in [1.54, 1.807) is 23.9 Å². The van der Waals surface area contributed by atoms with Gasteiger partial charge >= 0.3 is 11.8 Å². The summed E-state index contributed by atoms with van der Waals surface area (Å²) in [6, 6.07) is 14.9. The van der Waals surface area contributed by atoms with Crippen LogP contribution in [-0.2, 0) is 14.3 Å². The van der Waals surface area contributed by atoms with Crippen molar-refractivity contribution in [1.82, 2.24) is 5.32 Å². The second-order valence-corrected chi connectivity index (χ2v) is 6.77. The molecule has 2 amide bonds. The Morgan fingerprint density at radius 3 is 2.56 bits per heavy atom. The van der Waals surface area contributed by atoms with Gasteiger partial charge in [0.05, 0.1) is 19.3 Å².